The number of aromatic amines is 1. The number of hydrogen-bond acceptors (Lipinski definition) is 3. The molecular formula is C26H24N4. The summed E-state index contributed by atoms with van der Waals surface area (Å²) in [6, 6.07) is 23.6. The van der Waals surface area contributed by atoms with Gasteiger partial charge < -0.3 is 4.98 Å². The molecule has 1 saturated heterocycles. The number of aliphatic imine (C=N–C) groups is 2. The summed E-state index contributed by atoms with van der Waals surface area (Å²) in [5, 5.41) is 3.76. The molecular weight excluding hydrogens is 368 g/mol. The summed E-state index contributed by atoms with van der Waals surface area (Å²) in [5.41, 5.74) is 5.71. The second-order valence-electron chi connectivity index (χ2n) is 8.59. The van der Waals surface area contributed by atoms with Crippen molar-refractivity contribution in [1.29, 1.82) is 0 Å². The van der Waals surface area contributed by atoms with Gasteiger partial charge in [0.15, 0.2) is 5.84 Å². The minimum Gasteiger partial charge on any atom is -0.353 e. The highest BCUT2D eigenvalue weighted by atomic mass is 15.2. The van der Waals surface area contributed by atoms with Gasteiger partial charge in [0.25, 0.3) is 0 Å². The van der Waals surface area contributed by atoms with Gasteiger partial charge in [-0.15, -0.1) is 0 Å². The molecule has 0 unspecified atom stereocenters. The molecule has 0 bridgehead atoms. The fraction of sp³-hybridized carbons (Fsp3) is 0.231. The van der Waals surface area contributed by atoms with Crippen LogP contribution in [0.1, 0.15) is 23.7 Å². The molecule has 3 aromatic carbocycles. The summed E-state index contributed by atoms with van der Waals surface area (Å²) in [6.07, 6.45) is 0. The molecule has 0 amide bonds. The summed E-state index contributed by atoms with van der Waals surface area (Å²) in [6.45, 7) is 6.34. The van der Waals surface area contributed by atoms with Gasteiger partial charge in [0.05, 0.1) is 18.0 Å². The fourth-order valence-electron chi connectivity index (χ4n) is 4.76. The Hall–Kier alpha value is -3.24. The van der Waals surface area contributed by atoms with Crippen LogP contribution in [0.4, 0.5) is 0 Å². The van der Waals surface area contributed by atoms with Crippen molar-refractivity contribution in [3.8, 4) is 0 Å². The van der Waals surface area contributed by atoms with Crippen molar-refractivity contribution in [3.05, 3.63) is 83.6 Å². The van der Waals surface area contributed by atoms with Crippen LogP contribution in [0.2, 0.25) is 0 Å². The maximum absolute atomic E-state index is 4.93. The lowest BCUT2D eigenvalue weighted by atomic mass is 9.96. The summed E-state index contributed by atoms with van der Waals surface area (Å²) in [5.74, 6) is 1.66. The first-order chi connectivity index (χ1) is 14.7. The number of para-hydroxylation sites is 1. The Balaban J connectivity index is 1.35. The van der Waals surface area contributed by atoms with Crippen molar-refractivity contribution < 1.29 is 0 Å². The van der Waals surface area contributed by atoms with Crippen LogP contribution in [0.3, 0.4) is 0 Å². The van der Waals surface area contributed by atoms with E-state index in [2.05, 4.69) is 83.5 Å². The third-order valence-electron chi connectivity index (χ3n) is 6.25. The lowest BCUT2D eigenvalue weighted by Crippen LogP contribution is -2.44. The Morgan fingerprint density at radius 1 is 0.967 bits per heavy atom. The van der Waals surface area contributed by atoms with Crippen molar-refractivity contribution in [3.63, 3.8) is 0 Å². The highest BCUT2D eigenvalue weighted by Gasteiger charge is 2.23. The molecule has 1 aromatic heterocycles. The van der Waals surface area contributed by atoms with Crippen LogP contribution < -0.4 is 0 Å². The zero-order valence-electron chi connectivity index (χ0n) is 17.1. The maximum atomic E-state index is 4.93. The van der Waals surface area contributed by atoms with Gasteiger partial charge in [-0.2, -0.15) is 0 Å². The molecule has 0 radical (unpaired) electrons. The molecule has 4 aromatic rings. The Bertz CT molecular complexity index is 1290. The van der Waals surface area contributed by atoms with Crippen LogP contribution >= 0.6 is 0 Å². The summed E-state index contributed by atoms with van der Waals surface area (Å²) >= 11 is 0. The first kappa shape index (κ1) is 17.6. The molecule has 148 valence electrons. The molecule has 3 heterocycles. The second kappa shape index (κ2) is 6.92. The van der Waals surface area contributed by atoms with Gasteiger partial charge >= 0.3 is 0 Å². The minimum atomic E-state index is 0.615. The van der Waals surface area contributed by atoms with Gasteiger partial charge in [0, 0.05) is 36.1 Å². The second-order valence-corrected chi connectivity index (χ2v) is 8.59. The van der Waals surface area contributed by atoms with E-state index in [9.17, 15) is 0 Å². The van der Waals surface area contributed by atoms with Crippen molar-refractivity contribution in [2.45, 2.75) is 13.5 Å². The number of rotatable bonds is 4. The Morgan fingerprint density at radius 2 is 1.77 bits per heavy atom. The summed E-state index contributed by atoms with van der Waals surface area (Å²) in [7, 11) is 0. The normalized spacial score (nSPS) is 17.4. The fourth-order valence-corrected chi connectivity index (χ4v) is 4.76. The molecule has 6 rings (SSSR count). The average molecular weight is 393 g/mol. The van der Waals surface area contributed by atoms with Crippen LogP contribution in [-0.2, 0) is 6.54 Å². The highest BCUT2D eigenvalue weighted by Crippen LogP contribution is 2.28. The standard InChI is InChI=1S/C26H24N4/c1-17-14-30(15-17)16-19-10-11-22(21-8-4-3-7-20(19)21)26-27-13-25(29-26)24-12-18-6-2-5-9-23(18)28-24/h2-12,17,28H,13-16H2,1H3. The number of likely N-dealkylation sites (tertiary alicyclic amines) is 1. The van der Waals surface area contributed by atoms with Crippen molar-refractivity contribution >= 4 is 33.2 Å². The topological polar surface area (TPSA) is 43.8 Å². The van der Waals surface area contributed by atoms with Crippen molar-refractivity contribution in [1.82, 2.24) is 9.88 Å². The van der Waals surface area contributed by atoms with Gasteiger partial charge in [0.1, 0.15) is 0 Å². The molecule has 0 aliphatic carbocycles. The van der Waals surface area contributed by atoms with E-state index in [0.29, 0.717) is 6.54 Å². The minimum absolute atomic E-state index is 0.615. The molecule has 4 nitrogen and oxygen atoms in total. The summed E-state index contributed by atoms with van der Waals surface area (Å²) < 4.78 is 0. The molecule has 2 aliphatic rings. The Labute approximate surface area is 176 Å². The Morgan fingerprint density at radius 3 is 2.60 bits per heavy atom. The van der Waals surface area contributed by atoms with Crippen LogP contribution in [0.15, 0.2) is 76.7 Å². The van der Waals surface area contributed by atoms with E-state index in [1.165, 1.54) is 34.8 Å². The lowest BCUT2D eigenvalue weighted by molar-refractivity contribution is 0.105. The molecule has 30 heavy (non-hydrogen) atoms. The smallest absolute Gasteiger partial charge is 0.156 e. The zero-order valence-corrected chi connectivity index (χ0v) is 17.1. The van der Waals surface area contributed by atoms with E-state index in [1.54, 1.807) is 0 Å². The molecule has 0 spiro atoms. The first-order valence-corrected chi connectivity index (χ1v) is 10.7. The number of aromatic nitrogens is 1. The van der Waals surface area contributed by atoms with Crippen molar-refractivity contribution in [2.24, 2.45) is 15.9 Å². The quantitative estimate of drug-likeness (QED) is 0.521. The zero-order chi connectivity index (χ0) is 20.1. The summed E-state index contributed by atoms with van der Waals surface area (Å²) in [4.78, 5) is 15.7. The number of hydrogen-bond donors (Lipinski definition) is 1. The van der Waals surface area contributed by atoms with E-state index in [-0.39, 0.29) is 0 Å². The molecule has 4 heteroatoms. The molecule has 1 fully saturated rings. The van der Waals surface area contributed by atoms with E-state index in [4.69, 9.17) is 9.98 Å². The van der Waals surface area contributed by atoms with Gasteiger partial charge in [0.2, 0.25) is 0 Å². The third-order valence-corrected chi connectivity index (χ3v) is 6.25. The van der Waals surface area contributed by atoms with Gasteiger partial charge in [-0.25, -0.2) is 4.99 Å². The largest absolute Gasteiger partial charge is 0.353 e. The number of nitrogens with one attached hydrogen (secondary N) is 1. The Kier molecular flexibility index (Phi) is 4.06. The average Bonchev–Trinajstić information content (AvgIpc) is 3.40. The number of nitrogens with zero attached hydrogens (tertiary/aromatic N) is 3. The number of H-pyrrole nitrogens is 1. The molecule has 0 saturated carbocycles. The van der Waals surface area contributed by atoms with Gasteiger partial charge in [-0.1, -0.05) is 61.5 Å². The highest BCUT2D eigenvalue weighted by molar-refractivity contribution is 6.21. The predicted octanol–water partition coefficient (Wildman–Crippen LogP) is 5.02. The van der Waals surface area contributed by atoms with Crippen molar-refractivity contribution in [2.75, 3.05) is 19.6 Å². The van der Waals surface area contributed by atoms with E-state index >= 15 is 0 Å². The molecule has 0 atom stereocenters. The predicted molar refractivity (Wildman–Crippen MR) is 125 cm³/mol. The van der Waals surface area contributed by atoms with Gasteiger partial charge in [-0.3, -0.25) is 9.89 Å². The van der Waals surface area contributed by atoms with E-state index in [1.807, 2.05) is 0 Å². The van der Waals surface area contributed by atoms with Crippen LogP contribution in [0.5, 0.6) is 0 Å². The third kappa shape index (κ3) is 2.96. The molecule has 1 N–H and O–H groups in total. The maximum Gasteiger partial charge on any atom is 0.156 e. The van der Waals surface area contributed by atoms with E-state index < -0.39 is 0 Å². The number of fused-ring (bicyclic) bond motifs is 2. The van der Waals surface area contributed by atoms with Gasteiger partial charge in [-0.05, 0) is 34.4 Å². The van der Waals surface area contributed by atoms with Crippen LogP contribution in [0.25, 0.3) is 21.7 Å². The monoisotopic (exact) mass is 392 g/mol. The first-order valence-electron chi connectivity index (χ1n) is 10.7. The number of amidine groups is 1. The van der Waals surface area contributed by atoms with Crippen LogP contribution in [0, 0.1) is 5.92 Å². The van der Waals surface area contributed by atoms with Crippen LogP contribution in [-0.4, -0.2) is 41.1 Å². The molecule has 2 aliphatic heterocycles. The lowest BCUT2D eigenvalue weighted by Gasteiger charge is -2.37. The SMILES string of the molecule is CC1CN(Cc2ccc(C3=NCC(c4cc5ccccc5[nH]4)=N3)c3ccccc23)C1. The number of benzene rings is 3. The van der Waals surface area contributed by atoms with E-state index in [0.717, 1.165) is 40.8 Å².